The zero-order chi connectivity index (χ0) is 30.8. The summed E-state index contributed by atoms with van der Waals surface area (Å²) in [5.41, 5.74) is 10.1. The van der Waals surface area contributed by atoms with Gasteiger partial charge in [0.1, 0.15) is 24.0 Å². The predicted octanol–water partition coefficient (Wildman–Crippen LogP) is 8.86. The molecule has 45 heavy (non-hydrogen) atoms. The summed E-state index contributed by atoms with van der Waals surface area (Å²) in [7, 11) is 0. The van der Waals surface area contributed by atoms with Crippen LogP contribution in [0.5, 0.6) is 5.75 Å². The maximum absolute atomic E-state index is 15.8. The number of hydrogen-bond donors (Lipinski definition) is 3. The third-order valence-corrected chi connectivity index (χ3v) is 8.23. The molecule has 232 valence electrons. The number of benzene rings is 4. The summed E-state index contributed by atoms with van der Waals surface area (Å²) < 4.78 is 24.0. The Morgan fingerprint density at radius 2 is 1.71 bits per heavy atom. The smallest absolute Gasteiger partial charge is 0.335 e. The number of carboxylic acids is 1. The predicted molar refractivity (Wildman–Crippen MR) is 176 cm³/mol. The van der Waals surface area contributed by atoms with Crippen LogP contribution in [0.4, 0.5) is 14.9 Å². The Morgan fingerprint density at radius 3 is 2.40 bits per heavy atom. The lowest BCUT2D eigenvalue weighted by atomic mass is 9.94. The lowest BCUT2D eigenvalue weighted by Crippen LogP contribution is -2.19. The molecule has 1 heterocycles. The third-order valence-electron chi connectivity index (χ3n) is 7.98. The number of ether oxygens (including phenoxy) is 1. The zero-order valence-corrected chi connectivity index (χ0v) is 25.7. The molecule has 8 nitrogen and oxygen atoms in total. The molecular formula is C34H31Cl2FN4O4. The number of amides is 2. The van der Waals surface area contributed by atoms with E-state index in [0.29, 0.717) is 33.4 Å². The molecule has 0 spiro atoms. The minimum atomic E-state index is -1.04. The fraction of sp³-hybridized carbons (Fsp3) is 0.206. The van der Waals surface area contributed by atoms with Crippen molar-refractivity contribution < 1.29 is 23.8 Å². The normalized spacial score (nSPS) is 13.3. The highest BCUT2D eigenvalue weighted by Crippen LogP contribution is 2.38. The number of nitrogens with zero attached hydrogens (tertiary/aromatic N) is 2. The summed E-state index contributed by atoms with van der Waals surface area (Å²) >= 11 is 6.08. The Balaban J connectivity index is 0.00000400. The molecule has 0 bridgehead atoms. The molecule has 0 atom stereocenters. The second-order valence-electron chi connectivity index (χ2n) is 10.9. The topological polar surface area (TPSA) is 119 Å². The molecule has 5 aromatic rings. The number of urea groups is 1. The molecule has 4 N–H and O–H groups in total. The number of aromatic nitrogens is 2. The van der Waals surface area contributed by atoms with Crippen molar-refractivity contribution in [2.75, 3.05) is 5.32 Å². The molecule has 11 heteroatoms. The summed E-state index contributed by atoms with van der Waals surface area (Å²) in [5, 5.41) is 12.7. The van der Waals surface area contributed by atoms with Crippen molar-refractivity contribution in [3.63, 3.8) is 0 Å². The highest BCUT2D eigenvalue weighted by Gasteiger charge is 2.24. The van der Waals surface area contributed by atoms with E-state index in [1.165, 1.54) is 12.1 Å². The Bertz CT molecular complexity index is 1870. The SMILES string of the molecule is Cl.NC(=O)Nc1ccc(-c2ccc(Cl)cc2)c(COc2ccc(-c3nc4cc(C(=O)O)ccc4n3C3CCCCC3)c(F)c2)c1. The van der Waals surface area contributed by atoms with Gasteiger partial charge in [-0.1, -0.05) is 49.1 Å². The van der Waals surface area contributed by atoms with E-state index in [0.717, 1.165) is 54.3 Å². The number of primary amides is 1. The van der Waals surface area contributed by atoms with E-state index in [9.17, 15) is 14.7 Å². The van der Waals surface area contributed by atoms with Crippen LogP contribution in [0.1, 0.15) is 54.1 Å². The molecule has 2 amide bonds. The standard InChI is InChI=1S/C34H30ClFN4O4.ClH/c35-23-9-6-20(7-10-23)27-13-11-24(38-34(37)43)16-22(27)19-44-26-12-14-28(29(36)18-26)32-39-30-17-21(33(41)42)8-15-31(30)40(32)25-4-2-1-3-5-25;/h6-18,25H,1-5,19H2,(H,41,42)(H3,37,38,43);1H. The Kier molecular flexibility index (Phi) is 9.60. The Morgan fingerprint density at radius 1 is 0.978 bits per heavy atom. The van der Waals surface area contributed by atoms with Crippen LogP contribution in [0.15, 0.2) is 78.9 Å². The van der Waals surface area contributed by atoms with Crippen LogP contribution in [-0.4, -0.2) is 26.7 Å². The van der Waals surface area contributed by atoms with E-state index in [1.54, 1.807) is 48.5 Å². The molecule has 0 radical (unpaired) electrons. The Labute approximate surface area is 270 Å². The quantitative estimate of drug-likeness (QED) is 0.155. The van der Waals surface area contributed by atoms with Crippen LogP contribution < -0.4 is 15.8 Å². The summed E-state index contributed by atoms with van der Waals surface area (Å²) in [6.45, 7) is 0.0869. The van der Waals surface area contributed by atoms with Gasteiger partial charge in [-0.2, -0.15) is 0 Å². The van der Waals surface area contributed by atoms with Crippen LogP contribution >= 0.6 is 24.0 Å². The number of nitrogens with two attached hydrogens (primary N) is 1. The molecule has 1 aliphatic carbocycles. The molecular weight excluding hydrogens is 618 g/mol. The number of halogens is 3. The second kappa shape index (κ2) is 13.6. The number of anilines is 1. The third kappa shape index (κ3) is 6.90. The lowest BCUT2D eigenvalue weighted by molar-refractivity contribution is 0.0697. The first-order valence-electron chi connectivity index (χ1n) is 14.4. The summed E-state index contributed by atoms with van der Waals surface area (Å²) in [4.78, 5) is 27.8. The van der Waals surface area contributed by atoms with Crippen LogP contribution in [-0.2, 0) is 6.61 Å². The van der Waals surface area contributed by atoms with Gasteiger partial charge in [0.25, 0.3) is 0 Å². The Hall–Kier alpha value is -4.60. The van der Waals surface area contributed by atoms with Gasteiger partial charge in [0, 0.05) is 22.8 Å². The fourth-order valence-corrected chi connectivity index (χ4v) is 6.03. The molecule has 0 saturated heterocycles. The average molecular weight is 650 g/mol. The van der Waals surface area contributed by atoms with E-state index in [2.05, 4.69) is 9.88 Å². The first-order valence-corrected chi connectivity index (χ1v) is 14.8. The van der Waals surface area contributed by atoms with Gasteiger partial charge in [-0.15, -0.1) is 12.4 Å². The number of fused-ring (bicyclic) bond motifs is 1. The maximum atomic E-state index is 15.8. The number of imidazole rings is 1. The van der Waals surface area contributed by atoms with Crippen molar-refractivity contribution in [3.8, 4) is 28.3 Å². The minimum absolute atomic E-state index is 0. The van der Waals surface area contributed by atoms with E-state index in [1.807, 2.05) is 18.2 Å². The number of nitrogens with one attached hydrogen (secondary N) is 1. The van der Waals surface area contributed by atoms with E-state index in [-0.39, 0.29) is 30.6 Å². The minimum Gasteiger partial charge on any atom is -0.489 e. The number of hydrogen-bond acceptors (Lipinski definition) is 4. The number of rotatable bonds is 8. The molecule has 0 unspecified atom stereocenters. The van der Waals surface area contributed by atoms with Crippen molar-refractivity contribution in [1.82, 2.24) is 9.55 Å². The van der Waals surface area contributed by atoms with Crippen molar-refractivity contribution in [3.05, 3.63) is 101 Å². The fourth-order valence-electron chi connectivity index (χ4n) is 5.90. The monoisotopic (exact) mass is 648 g/mol. The first-order chi connectivity index (χ1) is 21.3. The molecule has 1 aliphatic rings. The lowest BCUT2D eigenvalue weighted by Gasteiger charge is -2.25. The van der Waals surface area contributed by atoms with E-state index in [4.69, 9.17) is 27.1 Å². The number of aromatic carboxylic acids is 1. The molecule has 1 saturated carbocycles. The van der Waals surface area contributed by atoms with Gasteiger partial charge in [0.15, 0.2) is 0 Å². The molecule has 1 aromatic heterocycles. The van der Waals surface area contributed by atoms with Gasteiger partial charge in [-0.25, -0.2) is 19.0 Å². The largest absolute Gasteiger partial charge is 0.489 e. The first kappa shape index (κ1) is 31.8. The van der Waals surface area contributed by atoms with Crippen molar-refractivity contribution in [2.45, 2.75) is 44.8 Å². The number of carboxylic acid groups (broad SMARTS) is 1. The zero-order valence-electron chi connectivity index (χ0n) is 24.1. The highest BCUT2D eigenvalue weighted by atomic mass is 35.5. The summed E-state index contributed by atoms with van der Waals surface area (Å²) in [5.74, 6) is -0.761. The molecule has 6 rings (SSSR count). The molecule has 0 aliphatic heterocycles. The highest BCUT2D eigenvalue weighted by molar-refractivity contribution is 6.30. The molecule has 4 aromatic carbocycles. The van der Waals surface area contributed by atoms with Crippen molar-refractivity contribution in [2.24, 2.45) is 5.73 Å². The summed E-state index contributed by atoms with van der Waals surface area (Å²) in [6.07, 6.45) is 5.19. The van der Waals surface area contributed by atoms with E-state index >= 15 is 4.39 Å². The van der Waals surface area contributed by atoms with Gasteiger partial charge >= 0.3 is 12.0 Å². The van der Waals surface area contributed by atoms with Gasteiger partial charge in [-0.3, -0.25) is 0 Å². The number of carbonyl (C=O) groups is 2. The summed E-state index contributed by atoms with van der Waals surface area (Å²) in [6, 6.07) is 21.7. The van der Waals surface area contributed by atoms with Crippen molar-refractivity contribution >= 4 is 52.7 Å². The van der Waals surface area contributed by atoms with Crippen LogP contribution in [0.25, 0.3) is 33.5 Å². The molecule has 1 fully saturated rings. The van der Waals surface area contributed by atoms with Gasteiger partial charge < -0.3 is 25.5 Å². The second-order valence-corrected chi connectivity index (χ2v) is 11.3. The van der Waals surface area contributed by atoms with Gasteiger partial charge in [0.05, 0.1) is 22.2 Å². The maximum Gasteiger partial charge on any atom is 0.335 e. The van der Waals surface area contributed by atoms with Gasteiger partial charge in [0.2, 0.25) is 0 Å². The van der Waals surface area contributed by atoms with E-state index < -0.39 is 17.8 Å². The van der Waals surface area contributed by atoms with Crippen LogP contribution in [0, 0.1) is 5.82 Å². The average Bonchev–Trinajstić information content (AvgIpc) is 3.39. The van der Waals surface area contributed by atoms with Crippen molar-refractivity contribution in [1.29, 1.82) is 0 Å². The number of carbonyl (C=O) groups excluding carboxylic acids is 1. The van der Waals surface area contributed by atoms with Crippen LogP contribution in [0.3, 0.4) is 0 Å². The van der Waals surface area contributed by atoms with Gasteiger partial charge in [-0.05, 0) is 84.1 Å². The van der Waals surface area contributed by atoms with Crippen LogP contribution in [0.2, 0.25) is 5.02 Å².